The summed E-state index contributed by atoms with van der Waals surface area (Å²) < 4.78 is 0. The predicted octanol–water partition coefficient (Wildman–Crippen LogP) is 6.90. The molecule has 0 radical (unpaired) electrons. The third-order valence-corrected chi connectivity index (χ3v) is 7.75. The molecule has 0 atom stereocenters. The number of carbonyl (C=O) groups excluding carboxylic acids is 2. The van der Waals surface area contributed by atoms with Crippen molar-refractivity contribution in [2.24, 2.45) is 0 Å². The fourth-order valence-electron chi connectivity index (χ4n) is 4.86. The zero-order valence-corrected chi connectivity index (χ0v) is 23.0. The molecule has 0 unspecified atom stereocenters. The van der Waals surface area contributed by atoms with Crippen LogP contribution in [0.3, 0.4) is 0 Å². The molecule has 3 aromatic rings. The molecule has 0 saturated heterocycles. The lowest BCUT2D eigenvalue weighted by atomic mass is 9.84. The van der Waals surface area contributed by atoms with E-state index in [0.29, 0.717) is 18.0 Å². The van der Waals surface area contributed by atoms with Crippen LogP contribution in [-0.2, 0) is 11.3 Å². The first-order valence-electron chi connectivity index (χ1n) is 13.3. The first kappa shape index (κ1) is 28.2. The van der Waals surface area contributed by atoms with Gasteiger partial charge in [0.1, 0.15) is 0 Å². The highest BCUT2D eigenvalue weighted by Gasteiger charge is 2.20. The van der Waals surface area contributed by atoms with Crippen molar-refractivity contribution < 1.29 is 19.5 Å². The molecule has 3 aromatic carbocycles. The first-order chi connectivity index (χ1) is 18.9. The minimum atomic E-state index is -0.962. The van der Waals surface area contributed by atoms with E-state index >= 15 is 0 Å². The summed E-state index contributed by atoms with van der Waals surface area (Å²) in [6.07, 6.45) is 8.14. The molecule has 3 amide bonds. The number of thioether (sulfide) groups is 1. The quantitative estimate of drug-likeness (QED) is 0.241. The molecule has 204 valence electrons. The summed E-state index contributed by atoms with van der Waals surface area (Å²) in [6, 6.07) is 22.8. The number of nitrogens with one attached hydrogen (secondary N) is 2. The van der Waals surface area contributed by atoms with Crippen LogP contribution in [0.1, 0.15) is 65.9 Å². The SMILES string of the molecule is CSc1cccc(NC(=O)N(Cc2ccc(C(=O)NCCC(=O)O)cc2)c2ccc(C3CCCCC3)cc2)c1. The minimum absolute atomic E-state index is 0.0679. The van der Waals surface area contributed by atoms with Crippen LogP contribution in [0.2, 0.25) is 0 Å². The van der Waals surface area contributed by atoms with Crippen LogP contribution in [0.25, 0.3) is 0 Å². The van der Waals surface area contributed by atoms with Gasteiger partial charge in [-0.2, -0.15) is 0 Å². The maximum Gasteiger partial charge on any atom is 0.326 e. The first-order valence-corrected chi connectivity index (χ1v) is 14.6. The zero-order chi connectivity index (χ0) is 27.6. The lowest BCUT2D eigenvalue weighted by Crippen LogP contribution is -2.34. The predicted molar refractivity (Wildman–Crippen MR) is 157 cm³/mol. The number of rotatable bonds is 10. The lowest BCUT2D eigenvalue weighted by molar-refractivity contribution is -0.136. The third kappa shape index (κ3) is 8.10. The smallest absolute Gasteiger partial charge is 0.326 e. The average Bonchev–Trinajstić information content (AvgIpc) is 2.96. The van der Waals surface area contributed by atoms with Crippen LogP contribution >= 0.6 is 11.8 Å². The van der Waals surface area contributed by atoms with E-state index in [1.54, 1.807) is 28.8 Å². The van der Waals surface area contributed by atoms with E-state index < -0.39 is 5.97 Å². The van der Waals surface area contributed by atoms with Gasteiger partial charge >= 0.3 is 12.0 Å². The van der Waals surface area contributed by atoms with Crippen LogP contribution in [0.4, 0.5) is 16.2 Å². The van der Waals surface area contributed by atoms with Gasteiger partial charge in [-0.1, -0.05) is 49.6 Å². The van der Waals surface area contributed by atoms with E-state index in [4.69, 9.17) is 5.11 Å². The Morgan fingerprint density at radius 2 is 1.67 bits per heavy atom. The summed E-state index contributed by atoms with van der Waals surface area (Å²) in [5, 5.41) is 14.4. The van der Waals surface area contributed by atoms with Gasteiger partial charge in [-0.05, 0) is 78.6 Å². The normalized spacial score (nSPS) is 13.5. The molecule has 0 spiro atoms. The van der Waals surface area contributed by atoms with Crippen molar-refractivity contribution in [1.82, 2.24) is 5.32 Å². The lowest BCUT2D eigenvalue weighted by Gasteiger charge is -2.26. The molecule has 8 heteroatoms. The second-order valence-corrected chi connectivity index (χ2v) is 10.7. The number of urea groups is 1. The number of nitrogens with zero attached hydrogens (tertiary/aromatic N) is 1. The van der Waals surface area contributed by atoms with Gasteiger partial charge in [0.05, 0.1) is 13.0 Å². The molecule has 4 rings (SSSR count). The van der Waals surface area contributed by atoms with Crippen LogP contribution in [0.5, 0.6) is 0 Å². The molecule has 0 heterocycles. The molecule has 1 saturated carbocycles. The second kappa shape index (κ2) is 13.8. The Morgan fingerprint density at radius 3 is 2.33 bits per heavy atom. The number of amides is 3. The Balaban J connectivity index is 1.52. The van der Waals surface area contributed by atoms with Crippen molar-refractivity contribution in [3.8, 4) is 0 Å². The summed E-state index contributed by atoms with van der Waals surface area (Å²) in [5.74, 6) is -0.709. The maximum absolute atomic E-state index is 13.5. The van der Waals surface area contributed by atoms with Crippen LogP contribution in [0.15, 0.2) is 77.7 Å². The van der Waals surface area contributed by atoms with Crippen LogP contribution < -0.4 is 15.5 Å². The van der Waals surface area contributed by atoms with Gasteiger partial charge in [0.2, 0.25) is 0 Å². The Morgan fingerprint density at radius 1 is 0.949 bits per heavy atom. The van der Waals surface area contributed by atoms with Gasteiger partial charge in [-0.25, -0.2) is 4.79 Å². The van der Waals surface area contributed by atoms with Gasteiger partial charge < -0.3 is 15.7 Å². The number of carboxylic acids is 1. The monoisotopic (exact) mass is 545 g/mol. The number of anilines is 2. The fraction of sp³-hybridized carbons (Fsp3) is 0.323. The molecule has 39 heavy (non-hydrogen) atoms. The highest BCUT2D eigenvalue weighted by Crippen LogP contribution is 2.33. The van der Waals surface area contributed by atoms with E-state index in [2.05, 4.69) is 22.8 Å². The number of benzene rings is 3. The summed E-state index contributed by atoms with van der Waals surface area (Å²) in [5.41, 5.74) is 4.14. The van der Waals surface area contributed by atoms with Gasteiger partial charge in [0.25, 0.3) is 5.91 Å². The maximum atomic E-state index is 13.5. The Labute approximate surface area is 234 Å². The number of carbonyl (C=O) groups is 3. The zero-order valence-electron chi connectivity index (χ0n) is 22.2. The molecule has 3 N–H and O–H groups in total. The molecule has 0 aliphatic heterocycles. The molecule has 7 nitrogen and oxygen atoms in total. The van der Waals surface area contributed by atoms with Crippen molar-refractivity contribution in [3.05, 3.63) is 89.5 Å². The molecular formula is C31H35N3O4S. The number of hydrogen-bond donors (Lipinski definition) is 3. The van der Waals surface area contributed by atoms with E-state index in [1.807, 2.05) is 54.8 Å². The molecule has 0 aromatic heterocycles. The molecule has 1 fully saturated rings. The van der Waals surface area contributed by atoms with E-state index in [0.717, 1.165) is 21.8 Å². The third-order valence-electron chi connectivity index (χ3n) is 7.03. The van der Waals surface area contributed by atoms with Gasteiger partial charge in [0.15, 0.2) is 0 Å². The number of aliphatic carboxylic acids is 1. The molecular weight excluding hydrogens is 510 g/mol. The topological polar surface area (TPSA) is 98.7 Å². The average molecular weight is 546 g/mol. The Kier molecular flexibility index (Phi) is 10.0. The summed E-state index contributed by atoms with van der Waals surface area (Å²) in [4.78, 5) is 39.3. The van der Waals surface area contributed by atoms with Crippen molar-refractivity contribution in [2.75, 3.05) is 23.0 Å². The van der Waals surface area contributed by atoms with Crippen LogP contribution in [-0.4, -0.2) is 35.8 Å². The van der Waals surface area contributed by atoms with Crippen molar-refractivity contribution >= 4 is 41.0 Å². The van der Waals surface area contributed by atoms with E-state index in [9.17, 15) is 14.4 Å². The molecule has 1 aliphatic rings. The largest absolute Gasteiger partial charge is 0.481 e. The van der Waals surface area contributed by atoms with Crippen LogP contribution in [0, 0.1) is 0 Å². The standard InChI is InChI=1S/C31H35N3O4S/c1-39-28-9-5-8-26(20-28)33-31(38)34(27-16-14-24(15-17-27)23-6-3-2-4-7-23)21-22-10-12-25(13-11-22)30(37)32-19-18-29(35)36/h5,8-17,20,23H,2-4,6-7,18-19,21H2,1H3,(H,32,37)(H,33,38)(H,35,36). The minimum Gasteiger partial charge on any atom is -0.481 e. The summed E-state index contributed by atoms with van der Waals surface area (Å²) in [7, 11) is 0. The van der Waals surface area contributed by atoms with Crippen molar-refractivity contribution in [1.29, 1.82) is 0 Å². The highest BCUT2D eigenvalue weighted by atomic mass is 32.2. The van der Waals surface area contributed by atoms with Gasteiger partial charge in [-0.15, -0.1) is 11.8 Å². The summed E-state index contributed by atoms with van der Waals surface area (Å²) in [6.45, 7) is 0.385. The molecule has 0 bridgehead atoms. The molecule has 1 aliphatic carbocycles. The van der Waals surface area contributed by atoms with Crippen molar-refractivity contribution in [3.63, 3.8) is 0 Å². The van der Waals surface area contributed by atoms with Gasteiger partial charge in [-0.3, -0.25) is 14.5 Å². The Bertz CT molecular complexity index is 1270. The van der Waals surface area contributed by atoms with Crippen molar-refractivity contribution in [2.45, 2.75) is 55.9 Å². The number of hydrogen-bond acceptors (Lipinski definition) is 4. The fourth-order valence-corrected chi connectivity index (χ4v) is 5.32. The van der Waals surface area contributed by atoms with E-state index in [1.165, 1.54) is 37.7 Å². The van der Waals surface area contributed by atoms with Gasteiger partial charge in [0, 0.05) is 28.4 Å². The second-order valence-electron chi connectivity index (χ2n) is 9.77. The highest BCUT2D eigenvalue weighted by molar-refractivity contribution is 7.98. The van der Waals surface area contributed by atoms with E-state index in [-0.39, 0.29) is 24.9 Å². The summed E-state index contributed by atoms with van der Waals surface area (Å²) >= 11 is 1.62. The Hall–Kier alpha value is -3.78. The number of carboxylic acid groups (broad SMARTS) is 1.